The lowest BCUT2D eigenvalue weighted by molar-refractivity contribution is 0.438. The van der Waals surface area contributed by atoms with Crippen LogP contribution in [-0.2, 0) is 0 Å². The van der Waals surface area contributed by atoms with E-state index in [0.717, 1.165) is 5.84 Å². The molecule has 0 aliphatic heterocycles. The zero-order valence-electron chi connectivity index (χ0n) is 10.1. The average molecular weight is 196 g/mol. The minimum absolute atomic E-state index is 0.141. The number of hydrogen-bond donors (Lipinski definition) is 1. The highest BCUT2D eigenvalue weighted by Gasteiger charge is 2.14. The molecule has 0 spiro atoms. The van der Waals surface area contributed by atoms with Crippen LogP contribution in [0.5, 0.6) is 0 Å². The molecule has 14 heavy (non-hydrogen) atoms. The third-order valence-corrected chi connectivity index (χ3v) is 2.51. The van der Waals surface area contributed by atoms with Crippen LogP contribution in [0.3, 0.4) is 0 Å². The predicted molar refractivity (Wildman–Crippen MR) is 62.9 cm³/mol. The molecule has 82 valence electrons. The SMILES string of the molecule is CC(=NC1CCCCC1)NC(C)(C)C. The Balaban J connectivity index is 2.41. The van der Waals surface area contributed by atoms with Gasteiger partial charge in [0.1, 0.15) is 0 Å². The Labute approximate surface area is 88.2 Å². The van der Waals surface area contributed by atoms with Crippen LogP contribution in [0.4, 0.5) is 0 Å². The van der Waals surface area contributed by atoms with Gasteiger partial charge in [-0.3, -0.25) is 4.99 Å². The van der Waals surface area contributed by atoms with Gasteiger partial charge in [0, 0.05) is 5.54 Å². The highest BCUT2D eigenvalue weighted by molar-refractivity contribution is 5.80. The summed E-state index contributed by atoms with van der Waals surface area (Å²) in [5.41, 5.74) is 0.141. The zero-order chi connectivity index (χ0) is 10.6. The molecule has 0 aromatic rings. The van der Waals surface area contributed by atoms with Crippen molar-refractivity contribution in [3.63, 3.8) is 0 Å². The average Bonchev–Trinajstić information content (AvgIpc) is 2.02. The summed E-state index contributed by atoms with van der Waals surface area (Å²) in [4.78, 5) is 4.73. The minimum Gasteiger partial charge on any atom is -0.369 e. The van der Waals surface area contributed by atoms with Gasteiger partial charge in [0.2, 0.25) is 0 Å². The second kappa shape index (κ2) is 4.81. The predicted octanol–water partition coefficient (Wildman–Crippen LogP) is 3.13. The molecule has 0 radical (unpaired) electrons. The van der Waals surface area contributed by atoms with Crippen LogP contribution < -0.4 is 5.32 Å². The molecule has 1 aliphatic rings. The molecule has 1 rings (SSSR count). The molecule has 2 nitrogen and oxygen atoms in total. The van der Waals surface area contributed by atoms with E-state index in [-0.39, 0.29) is 5.54 Å². The fraction of sp³-hybridized carbons (Fsp3) is 0.917. The molecule has 2 heteroatoms. The molecule has 0 aromatic heterocycles. The van der Waals surface area contributed by atoms with Crippen molar-refractivity contribution in [2.45, 2.75) is 71.4 Å². The molecular formula is C12H24N2. The van der Waals surface area contributed by atoms with Gasteiger partial charge >= 0.3 is 0 Å². The normalized spacial score (nSPS) is 21.0. The van der Waals surface area contributed by atoms with Crippen LogP contribution in [0.2, 0.25) is 0 Å². The molecule has 0 saturated heterocycles. The van der Waals surface area contributed by atoms with Crippen LogP contribution in [0.25, 0.3) is 0 Å². The van der Waals surface area contributed by atoms with Crippen LogP contribution in [-0.4, -0.2) is 17.4 Å². The summed E-state index contributed by atoms with van der Waals surface area (Å²) >= 11 is 0. The lowest BCUT2D eigenvalue weighted by Gasteiger charge is -2.24. The molecule has 1 N–H and O–H groups in total. The topological polar surface area (TPSA) is 24.4 Å². The fourth-order valence-electron chi connectivity index (χ4n) is 2.06. The zero-order valence-corrected chi connectivity index (χ0v) is 10.1. The first-order valence-electron chi connectivity index (χ1n) is 5.80. The largest absolute Gasteiger partial charge is 0.369 e. The minimum atomic E-state index is 0.141. The lowest BCUT2D eigenvalue weighted by atomic mass is 9.96. The van der Waals surface area contributed by atoms with Crippen molar-refractivity contribution in [1.29, 1.82) is 0 Å². The van der Waals surface area contributed by atoms with E-state index in [0.29, 0.717) is 6.04 Å². The Hall–Kier alpha value is -0.530. The molecule has 0 aromatic carbocycles. The van der Waals surface area contributed by atoms with E-state index in [9.17, 15) is 0 Å². The van der Waals surface area contributed by atoms with E-state index in [2.05, 4.69) is 33.0 Å². The van der Waals surface area contributed by atoms with E-state index in [1.54, 1.807) is 0 Å². The smallest absolute Gasteiger partial charge is 0.0939 e. The van der Waals surface area contributed by atoms with Crippen molar-refractivity contribution in [2.24, 2.45) is 4.99 Å². The van der Waals surface area contributed by atoms with Gasteiger partial charge in [-0.1, -0.05) is 19.3 Å². The fourth-order valence-corrected chi connectivity index (χ4v) is 2.06. The van der Waals surface area contributed by atoms with E-state index < -0.39 is 0 Å². The number of aliphatic imine (C=N–C) groups is 1. The highest BCUT2D eigenvalue weighted by atomic mass is 15.0. The molecule has 0 atom stereocenters. The van der Waals surface area contributed by atoms with E-state index in [1.807, 2.05) is 0 Å². The van der Waals surface area contributed by atoms with Gasteiger partial charge < -0.3 is 5.32 Å². The summed E-state index contributed by atoms with van der Waals surface area (Å²) in [5.74, 6) is 1.10. The summed E-state index contributed by atoms with van der Waals surface area (Å²) in [6, 6.07) is 0.582. The van der Waals surface area contributed by atoms with E-state index >= 15 is 0 Å². The van der Waals surface area contributed by atoms with E-state index in [4.69, 9.17) is 4.99 Å². The Morgan fingerprint density at radius 1 is 1.14 bits per heavy atom. The first kappa shape index (κ1) is 11.5. The Morgan fingerprint density at radius 2 is 1.71 bits per heavy atom. The molecule has 0 bridgehead atoms. The molecule has 0 unspecified atom stereocenters. The summed E-state index contributed by atoms with van der Waals surface area (Å²) in [7, 11) is 0. The molecule has 1 saturated carbocycles. The third kappa shape index (κ3) is 4.64. The maximum absolute atomic E-state index is 4.73. The summed E-state index contributed by atoms with van der Waals surface area (Å²) in [5, 5.41) is 3.42. The highest BCUT2D eigenvalue weighted by Crippen LogP contribution is 2.20. The van der Waals surface area contributed by atoms with Gasteiger partial charge in [-0.25, -0.2) is 0 Å². The first-order valence-corrected chi connectivity index (χ1v) is 5.80. The second-order valence-corrected chi connectivity index (χ2v) is 5.38. The number of nitrogens with one attached hydrogen (secondary N) is 1. The molecule has 1 aliphatic carbocycles. The van der Waals surface area contributed by atoms with Gasteiger partial charge in [-0.15, -0.1) is 0 Å². The molecular weight excluding hydrogens is 172 g/mol. The van der Waals surface area contributed by atoms with Gasteiger partial charge in [-0.05, 0) is 40.5 Å². The van der Waals surface area contributed by atoms with Gasteiger partial charge in [0.25, 0.3) is 0 Å². The van der Waals surface area contributed by atoms with E-state index in [1.165, 1.54) is 32.1 Å². The van der Waals surface area contributed by atoms with Gasteiger partial charge in [0.15, 0.2) is 0 Å². The monoisotopic (exact) mass is 196 g/mol. The number of nitrogens with zero attached hydrogens (tertiary/aromatic N) is 1. The van der Waals surface area contributed by atoms with Crippen LogP contribution in [0.1, 0.15) is 59.8 Å². The molecule has 0 amide bonds. The van der Waals surface area contributed by atoms with Crippen LogP contribution in [0, 0.1) is 0 Å². The van der Waals surface area contributed by atoms with Crippen molar-refractivity contribution < 1.29 is 0 Å². The van der Waals surface area contributed by atoms with Crippen LogP contribution >= 0.6 is 0 Å². The van der Waals surface area contributed by atoms with Crippen LogP contribution in [0.15, 0.2) is 4.99 Å². The Morgan fingerprint density at radius 3 is 2.21 bits per heavy atom. The Bertz CT molecular complexity index is 195. The van der Waals surface area contributed by atoms with Crippen molar-refractivity contribution in [1.82, 2.24) is 5.32 Å². The maximum Gasteiger partial charge on any atom is 0.0939 e. The molecule has 1 fully saturated rings. The van der Waals surface area contributed by atoms with Gasteiger partial charge in [-0.2, -0.15) is 0 Å². The molecule has 0 heterocycles. The second-order valence-electron chi connectivity index (χ2n) is 5.38. The van der Waals surface area contributed by atoms with Gasteiger partial charge in [0.05, 0.1) is 11.9 Å². The van der Waals surface area contributed by atoms with Crippen molar-refractivity contribution in [3.8, 4) is 0 Å². The lowest BCUT2D eigenvalue weighted by Crippen LogP contribution is -2.39. The van der Waals surface area contributed by atoms with Crippen molar-refractivity contribution in [2.75, 3.05) is 0 Å². The summed E-state index contributed by atoms with van der Waals surface area (Å²) < 4.78 is 0. The summed E-state index contributed by atoms with van der Waals surface area (Å²) in [6.45, 7) is 8.60. The standard InChI is InChI=1S/C12H24N2/c1-10(14-12(2,3)4)13-11-8-6-5-7-9-11/h11H,5-9H2,1-4H3,(H,13,14). The summed E-state index contributed by atoms with van der Waals surface area (Å²) in [6.07, 6.45) is 6.68. The number of amidine groups is 1. The Kier molecular flexibility index (Phi) is 3.97. The number of rotatable bonds is 1. The van der Waals surface area contributed by atoms with Crippen molar-refractivity contribution in [3.05, 3.63) is 0 Å². The third-order valence-electron chi connectivity index (χ3n) is 2.51. The van der Waals surface area contributed by atoms with Crippen molar-refractivity contribution >= 4 is 5.84 Å². The number of hydrogen-bond acceptors (Lipinski definition) is 1. The maximum atomic E-state index is 4.73. The quantitative estimate of drug-likeness (QED) is 0.506. The first-order chi connectivity index (χ1) is 6.47.